The molecule has 0 saturated heterocycles. The molecule has 2 N–H and O–H groups in total. The third-order valence-corrected chi connectivity index (χ3v) is 3.87. The molecule has 1 atom stereocenters. The lowest BCUT2D eigenvalue weighted by Crippen LogP contribution is -2.41. The van der Waals surface area contributed by atoms with Gasteiger partial charge in [0.15, 0.2) is 0 Å². The molecular formula is C17H33N3. The summed E-state index contributed by atoms with van der Waals surface area (Å²) in [5, 5.41) is 0. The Kier molecular flexibility index (Phi) is 9.38. The summed E-state index contributed by atoms with van der Waals surface area (Å²) in [6.45, 7) is 6.23. The van der Waals surface area contributed by atoms with Crippen LogP contribution in [0.5, 0.6) is 0 Å². The number of allylic oxidation sites excluding steroid dienone is 2. The van der Waals surface area contributed by atoms with Crippen molar-refractivity contribution in [1.82, 2.24) is 4.90 Å². The van der Waals surface area contributed by atoms with E-state index < -0.39 is 0 Å². The van der Waals surface area contributed by atoms with Crippen LogP contribution in [0.25, 0.3) is 0 Å². The third-order valence-electron chi connectivity index (χ3n) is 3.87. The van der Waals surface area contributed by atoms with E-state index in [0.717, 1.165) is 19.5 Å². The van der Waals surface area contributed by atoms with Gasteiger partial charge >= 0.3 is 0 Å². The standard InChI is InChI=1S/C17H33N3/c1-3-4-5-6-7-8-9-10-11-12-13-17-19-14-15-20(17)16(2)18/h8-9,16H,3-7,10-15,18H2,1-2H3/b9-8+. The molecular weight excluding hydrogens is 246 g/mol. The SMILES string of the molecule is CCCCCC/C=C/CCCCC1=NCCN1C(C)N. The molecule has 1 aliphatic rings. The number of hydrogen-bond donors (Lipinski definition) is 1. The second-order valence-corrected chi connectivity index (χ2v) is 5.80. The summed E-state index contributed by atoms with van der Waals surface area (Å²) in [4.78, 5) is 6.80. The van der Waals surface area contributed by atoms with E-state index >= 15 is 0 Å². The zero-order valence-electron chi connectivity index (χ0n) is 13.5. The monoisotopic (exact) mass is 279 g/mol. The summed E-state index contributed by atoms with van der Waals surface area (Å²) >= 11 is 0. The Morgan fingerprint density at radius 2 is 1.85 bits per heavy atom. The van der Waals surface area contributed by atoms with Crippen LogP contribution in [-0.2, 0) is 0 Å². The molecule has 1 rings (SSSR count). The molecule has 0 radical (unpaired) electrons. The Balaban J connectivity index is 1.98. The van der Waals surface area contributed by atoms with Gasteiger partial charge in [0, 0.05) is 13.0 Å². The topological polar surface area (TPSA) is 41.6 Å². The van der Waals surface area contributed by atoms with Gasteiger partial charge in [-0.3, -0.25) is 4.99 Å². The average molecular weight is 279 g/mol. The van der Waals surface area contributed by atoms with Gasteiger partial charge in [0.2, 0.25) is 0 Å². The lowest BCUT2D eigenvalue weighted by molar-refractivity contribution is 0.359. The maximum atomic E-state index is 5.94. The highest BCUT2D eigenvalue weighted by atomic mass is 15.3. The van der Waals surface area contributed by atoms with Gasteiger partial charge in [-0.05, 0) is 39.0 Å². The predicted molar refractivity (Wildman–Crippen MR) is 89.0 cm³/mol. The summed E-state index contributed by atoms with van der Waals surface area (Å²) in [6, 6.07) is 0. The smallest absolute Gasteiger partial charge is 0.100 e. The van der Waals surface area contributed by atoms with Crippen molar-refractivity contribution in [3.8, 4) is 0 Å². The van der Waals surface area contributed by atoms with Crippen LogP contribution in [0.15, 0.2) is 17.1 Å². The van der Waals surface area contributed by atoms with Crippen molar-refractivity contribution in [1.29, 1.82) is 0 Å². The highest BCUT2D eigenvalue weighted by Crippen LogP contribution is 2.11. The minimum atomic E-state index is 0.110. The number of nitrogens with two attached hydrogens (primary N) is 1. The molecule has 1 unspecified atom stereocenters. The van der Waals surface area contributed by atoms with Crippen LogP contribution in [0, 0.1) is 0 Å². The van der Waals surface area contributed by atoms with Crippen molar-refractivity contribution in [2.45, 2.75) is 77.8 Å². The van der Waals surface area contributed by atoms with Crippen LogP contribution in [0.3, 0.4) is 0 Å². The van der Waals surface area contributed by atoms with Crippen molar-refractivity contribution in [2.75, 3.05) is 13.1 Å². The Hall–Kier alpha value is -0.830. The summed E-state index contributed by atoms with van der Waals surface area (Å²) in [5.74, 6) is 1.23. The molecule has 0 aromatic carbocycles. The van der Waals surface area contributed by atoms with Gasteiger partial charge < -0.3 is 10.6 Å². The fourth-order valence-electron chi connectivity index (χ4n) is 2.64. The first kappa shape index (κ1) is 17.2. The molecule has 3 nitrogen and oxygen atoms in total. The lowest BCUT2D eigenvalue weighted by Gasteiger charge is -2.24. The molecule has 0 bridgehead atoms. The molecule has 0 aromatic rings. The summed E-state index contributed by atoms with van der Waals surface area (Å²) in [6.07, 6.45) is 16.3. The number of aliphatic imine (C=N–C) groups is 1. The van der Waals surface area contributed by atoms with Gasteiger partial charge in [-0.1, -0.05) is 38.3 Å². The number of rotatable bonds is 11. The van der Waals surface area contributed by atoms with Gasteiger partial charge in [0.25, 0.3) is 0 Å². The van der Waals surface area contributed by atoms with Crippen LogP contribution in [0.2, 0.25) is 0 Å². The van der Waals surface area contributed by atoms with Gasteiger partial charge in [-0.15, -0.1) is 0 Å². The van der Waals surface area contributed by atoms with Gasteiger partial charge in [-0.2, -0.15) is 0 Å². The Morgan fingerprint density at radius 1 is 1.15 bits per heavy atom. The molecule has 0 saturated carbocycles. The number of nitrogens with zero attached hydrogens (tertiary/aromatic N) is 2. The van der Waals surface area contributed by atoms with Gasteiger partial charge in [0.1, 0.15) is 5.84 Å². The second kappa shape index (κ2) is 10.9. The molecule has 1 aliphatic heterocycles. The van der Waals surface area contributed by atoms with Crippen molar-refractivity contribution < 1.29 is 0 Å². The van der Waals surface area contributed by atoms with E-state index in [2.05, 4.69) is 29.0 Å². The second-order valence-electron chi connectivity index (χ2n) is 5.80. The van der Waals surface area contributed by atoms with E-state index in [0.29, 0.717) is 0 Å². The first-order valence-corrected chi connectivity index (χ1v) is 8.46. The maximum Gasteiger partial charge on any atom is 0.100 e. The molecule has 20 heavy (non-hydrogen) atoms. The molecule has 0 fully saturated rings. The quantitative estimate of drug-likeness (QED) is 0.457. The highest BCUT2D eigenvalue weighted by molar-refractivity contribution is 5.83. The fraction of sp³-hybridized carbons (Fsp3) is 0.824. The first-order valence-electron chi connectivity index (χ1n) is 8.46. The molecule has 1 heterocycles. The van der Waals surface area contributed by atoms with Crippen LogP contribution in [0.4, 0.5) is 0 Å². The summed E-state index contributed by atoms with van der Waals surface area (Å²) < 4.78 is 0. The van der Waals surface area contributed by atoms with E-state index in [-0.39, 0.29) is 6.17 Å². The van der Waals surface area contributed by atoms with E-state index in [4.69, 9.17) is 5.73 Å². The van der Waals surface area contributed by atoms with Crippen molar-refractivity contribution in [3.63, 3.8) is 0 Å². The zero-order chi connectivity index (χ0) is 14.6. The minimum absolute atomic E-state index is 0.110. The summed E-state index contributed by atoms with van der Waals surface area (Å²) in [5.41, 5.74) is 5.94. The van der Waals surface area contributed by atoms with Crippen LogP contribution in [0.1, 0.15) is 71.6 Å². The van der Waals surface area contributed by atoms with Crippen molar-refractivity contribution in [3.05, 3.63) is 12.2 Å². The zero-order valence-corrected chi connectivity index (χ0v) is 13.5. The van der Waals surface area contributed by atoms with Gasteiger partial charge in [-0.25, -0.2) is 0 Å². The minimum Gasteiger partial charge on any atom is -0.343 e. The lowest BCUT2D eigenvalue weighted by atomic mass is 10.1. The number of hydrogen-bond acceptors (Lipinski definition) is 3. The Bertz CT molecular complexity index is 295. The van der Waals surface area contributed by atoms with Crippen LogP contribution in [-0.4, -0.2) is 30.0 Å². The molecule has 116 valence electrons. The predicted octanol–water partition coefficient (Wildman–Crippen LogP) is 4.09. The number of unbranched alkanes of at least 4 members (excludes halogenated alkanes) is 6. The van der Waals surface area contributed by atoms with Crippen LogP contribution >= 0.6 is 0 Å². The summed E-state index contributed by atoms with van der Waals surface area (Å²) in [7, 11) is 0. The van der Waals surface area contributed by atoms with Crippen LogP contribution < -0.4 is 5.73 Å². The molecule has 0 amide bonds. The highest BCUT2D eigenvalue weighted by Gasteiger charge is 2.18. The van der Waals surface area contributed by atoms with E-state index in [1.807, 2.05) is 6.92 Å². The molecule has 0 spiro atoms. The number of amidine groups is 1. The van der Waals surface area contributed by atoms with Crippen molar-refractivity contribution >= 4 is 5.84 Å². The Morgan fingerprint density at radius 3 is 2.50 bits per heavy atom. The van der Waals surface area contributed by atoms with Gasteiger partial charge in [0.05, 0.1) is 12.7 Å². The normalized spacial score (nSPS) is 16.9. The molecule has 3 heteroatoms. The third kappa shape index (κ3) is 7.09. The first-order chi connectivity index (χ1) is 9.75. The fourth-order valence-corrected chi connectivity index (χ4v) is 2.64. The molecule has 0 aromatic heterocycles. The van der Waals surface area contributed by atoms with E-state index in [1.54, 1.807) is 0 Å². The maximum absolute atomic E-state index is 5.94. The van der Waals surface area contributed by atoms with E-state index in [9.17, 15) is 0 Å². The van der Waals surface area contributed by atoms with E-state index in [1.165, 1.54) is 57.2 Å². The average Bonchev–Trinajstić information content (AvgIpc) is 2.89. The Labute approximate surface area is 125 Å². The van der Waals surface area contributed by atoms with Crippen molar-refractivity contribution in [2.24, 2.45) is 10.7 Å². The largest absolute Gasteiger partial charge is 0.343 e. The molecule has 0 aliphatic carbocycles.